The summed E-state index contributed by atoms with van der Waals surface area (Å²) in [6, 6.07) is 11.6. The third-order valence-corrected chi connectivity index (χ3v) is 5.59. The van der Waals surface area contributed by atoms with Gasteiger partial charge in [-0.1, -0.05) is 41.4 Å². The van der Waals surface area contributed by atoms with Crippen LogP contribution in [0.25, 0.3) is 11.1 Å². The smallest absolute Gasteiger partial charge is 0.298 e. The van der Waals surface area contributed by atoms with Crippen molar-refractivity contribution in [2.75, 3.05) is 11.8 Å². The first kappa shape index (κ1) is 21.1. The Kier molecular flexibility index (Phi) is 6.43. The molecular formula is C18H17Cl2N5O3S. The first-order valence-electron chi connectivity index (χ1n) is 8.36. The molecule has 29 heavy (non-hydrogen) atoms. The van der Waals surface area contributed by atoms with Crippen LogP contribution in [0.4, 0.5) is 5.69 Å². The number of carbonyl (C=O) groups is 1. The molecule has 0 radical (unpaired) electrons. The van der Waals surface area contributed by atoms with E-state index in [2.05, 4.69) is 25.0 Å². The molecule has 8 nitrogen and oxygen atoms in total. The molecule has 0 saturated heterocycles. The first-order chi connectivity index (χ1) is 13.8. The quantitative estimate of drug-likeness (QED) is 0.439. The van der Waals surface area contributed by atoms with Gasteiger partial charge in [0.25, 0.3) is 16.1 Å². The number of H-pyrrole nitrogens is 1. The number of halogens is 2. The minimum atomic E-state index is -3.58. The van der Waals surface area contributed by atoms with Crippen molar-refractivity contribution >= 4 is 45.0 Å². The molecule has 3 aromatic rings. The maximum absolute atomic E-state index is 12.6. The van der Waals surface area contributed by atoms with Gasteiger partial charge in [-0.2, -0.15) is 13.5 Å². The Balaban J connectivity index is 1.69. The number of benzene rings is 2. The van der Waals surface area contributed by atoms with Crippen LogP contribution in [0, 0.1) is 0 Å². The Morgan fingerprint density at radius 2 is 1.83 bits per heavy atom. The highest BCUT2D eigenvalue weighted by atomic mass is 35.5. The zero-order chi connectivity index (χ0) is 21.0. The molecule has 0 bridgehead atoms. The highest BCUT2D eigenvalue weighted by Gasteiger charge is 2.18. The van der Waals surface area contributed by atoms with Gasteiger partial charge < -0.3 is 5.32 Å². The van der Waals surface area contributed by atoms with E-state index in [0.717, 1.165) is 5.56 Å². The Hall–Kier alpha value is -2.59. The molecule has 0 aliphatic rings. The van der Waals surface area contributed by atoms with E-state index in [1.165, 1.54) is 7.05 Å². The number of hydrogen-bond donors (Lipinski definition) is 4. The maximum atomic E-state index is 12.6. The summed E-state index contributed by atoms with van der Waals surface area (Å²) in [6.07, 6.45) is 1.59. The van der Waals surface area contributed by atoms with Crippen LogP contribution >= 0.6 is 23.2 Å². The van der Waals surface area contributed by atoms with Crippen LogP contribution in [0.2, 0.25) is 10.0 Å². The van der Waals surface area contributed by atoms with E-state index in [-0.39, 0.29) is 18.1 Å². The van der Waals surface area contributed by atoms with Crippen molar-refractivity contribution in [2.45, 2.75) is 6.54 Å². The van der Waals surface area contributed by atoms with E-state index >= 15 is 0 Å². The van der Waals surface area contributed by atoms with Crippen molar-refractivity contribution in [3.63, 3.8) is 0 Å². The normalized spacial score (nSPS) is 11.3. The summed E-state index contributed by atoms with van der Waals surface area (Å²) in [6.45, 7) is 0.235. The number of nitrogens with one attached hydrogen (secondary N) is 4. The van der Waals surface area contributed by atoms with Gasteiger partial charge in [-0.25, -0.2) is 4.72 Å². The van der Waals surface area contributed by atoms with Crippen molar-refractivity contribution in [2.24, 2.45) is 0 Å². The zero-order valence-electron chi connectivity index (χ0n) is 15.2. The number of carbonyl (C=O) groups excluding carboxylic acids is 1. The summed E-state index contributed by atoms with van der Waals surface area (Å²) >= 11 is 12.2. The van der Waals surface area contributed by atoms with E-state index in [9.17, 15) is 13.2 Å². The lowest BCUT2D eigenvalue weighted by Crippen LogP contribution is -2.26. The van der Waals surface area contributed by atoms with Crippen LogP contribution in [-0.4, -0.2) is 31.6 Å². The van der Waals surface area contributed by atoms with Gasteiger partial charge >= 0.3 is 0 Å². The summed E-state index contributed by atoms with van der Waals surface area (Å²) in [5.74, 6) is -0.382. The van der Waals surface area contributed by atoms with Crippen molar-refractivity contribution in [3.05, 3.63) is 70.0 Å². The molecule has 152 valence electrons. The lowest BCUT2D eigenvalue weighted by atomic mass is 10.1. The van der Waals surface area contributed by atoms with Crippen LogP contribution < -0.4 is 14.8 Å². The third-order valence-electron chi connectivity index (χ3n) is 4.00. The van der Waals surface area contributed by atoms with Crippen LogP contribution in [0.3, 0.4) is 0 Å². The van der Waals surface area contributed by atoms with Gasteiger partial charge in [-0.05, 0) is 29.8 Å². The van der Waals surface area contributed by atoms with Crippen LogP contribution in [0.15, 0.2) is 48.7 Å². The molecule has 1 heterocycles. The summed E-state index contributed by atoms with van der Waals surface area (Å²) in [5.41, 5.74) is 2.58. The Bertz CT molecular complexity index is 1130. The number of rotatable bonds is 7. The number of aromatic amines is 1. The molecule has 0 fully saturated rings. The Morgan fingerprint density at radius 3 is 2.48 bits per heavy atom. The van der Waals surface area contributed by atoms with Crippen molar-refractivity contribution in [1.82, 2.24) is 20.2 Å². The second-order valence-corrected chi connectivity index (χ2v) is 8.42. The molecule has 0 saturated carbocycles. The Labute approximate surface area is 177 Å². The fraction of sp³-hybridized carbons (Fsp3) is 0.111. The van der Waals surface area contributed by atoms with Crippen molar-refractivity contribution in [3.8, 4) is 11.1 Å². The summed E-state index contributed by atoms with van der Waals surface area (Å²) in [7, 11) is -2.27. The number of nitrogens with zero attached hydrogens (tertiary/aromatic N) is 1. The predicted molar refractivity (Wildman–Crippen MR) is 113 cm³/mol. The predicted octanol–water partition coefficient (Wildman–Crippen LogP) is 3.19. The molecule has 0 aliphatic heterocycles. The number of amides is 1. The molecule has 3 rings (SSSR count). The van der Waals surface area contributed by atoms with Gasteiger partial charge in [0, 0.05) is 41.6 Å². The van der Waals surface area contributed by atoms with E-state index < -0.39 is 10.2 Å². The first-order valence-corrected chi connectivity index (χ1v) is 10.6. The molecule has 1 aromatic heterocycles. The number of anilines is 1. The zero-order valence-corrected chi connectivity index (χ0v) is 17.5. The van der Waals surface area contributed by atoms with Crippen LogP contribution in [0.5, 0.6) is 0 Å². The molecule has 11 heteroatoms. The van der Waals surface area contributed by atoms with Gasteiger partial charge in [0.2, 0.25) is 0 Å². The highest BCUT2D eigenvalue weighted by molar-refractivity contribution is 7.90. The number of aromatic nitrogens is 2. The van der Waals surface area contributed by atoms with E-state index in [1.54, 1.807) is 48.7 Å². The van der Waals surface area contributed by atoms with Crippen LogP contribution in [0.1, 0.15) is 16.1 Å². The van der Waals surface area contributed by atoms with Gasteiger partial charge in [0.05, 0.1) is 5.02 Å². The second kappa shape index (κ2) is 8.83. The maximum Gasteiger partial charge on any atom is 0.298 e. The lowest BCUT2D eigenvalue weighted by Gasteiger charge is -2.09. The third kappa shape index (κ3) is 5.27. The topological polar surface area (TPSA) is 116 Å². The SMILES string of the molecule is CNS(=O)(=O)Nc1ccc(CNC(=O)c2n[nH]cc2-c2ccc(Cl)cc2Cl)cc1. The molecule has 2 aromatic carbocycles. The fourth-order valence-corrected chi connectivity index (χ4v) is 3.60. The minimum Gasteiger partial charge on any atom is -0.347 e. The molecule has 0 spiro atoms. The molecule has 0 atom stereocenters. The number of hydrogen-bond acceptors (Lipinski definition) is 4. The average Bonchev–Trinajstić information content (AvgIpc) is 3.16. The van der Waals surface area contributed by atoms with Gasteiger partial charge in [-0.15, -0.1) is 0 Å². The average molecular weight is 454 g/mol. The van der Waals surface area contributed by atoms with Crippen LogP contribution in [-0.2, 0) is 16.8 Å². The summed E-state index contributed by atoms with van der Waals surface area (Å²) < 4.78 is 27.5. The van der Waals surface area contributed by atoms with E-state index in [0.29, 0.717) is 26.9 Å². The van der Waals surface area contributed by atoms with Gasteiger partial charge in [-0.3, -0.25) is 14.6 Å². The standard InChI is InChI=1S/C18H17Cl2N5O3S/c1-21-29(27,28)25-13-5-2-11(3-6-13)9-22-18(26)17-15(10-23-24-17)14-7-4-12(19)8-16(14)20/h2-8,10,21,25H,9H2,1H3,(H,22,26)(H,23,24). The molecule has 1 amide bonds. The van der Waals surface area contributed by atoms with E-state index in [4.69, 9.17) is 23.2 Å². The van der Waals surface area contributed by atoms with Gasteiger partial charge in [0.15, 0.2) is 5.69 Å². The van der Waals surface area contributed by atoms with Crippen molar-refractivity contribution in [1.29, 1.82) is 0 Å². The lowest BCUT2D eigenvalue weighted by molar-refractivity contribution is 0.0946. The monoisotopic (exact) mass is 453 g/mol. The Morgan fingerprint density at radius 1 is 1.10 bits per heavy atom. The second-order valence-electron chi connectivity index (χ2n) is 5.96. The molecule has 0 unspecified atom stereocenters. The van der Waals surface area contributed by atoms with E-state index in [1.807, 2.05) is 0 Å². The van der Waals surface area contributed by atoms with Gasteiger partial charge in [0.1, 0.15) is 0 Å². The minimum absolute atomic E-state index is 0.202. The largest absolute Gasteiger partial charge is 0.347 e. The molecule has 0 aliphatic carbocycles. The highest BCUT2D eigenvalue weighted by Crippen LogP contribution is 2.31. The van der Waals surface area contributed by atoms with Crippen molar-refractivity contribution < 1.29 is 13.2 Å². The fourth-order valence-electron chi connectivity index (χ4n) is 2.54. The molecular weight excluding hydrogens is 437 g/mol. The summed E-state index contributed by atoms with van der Waals surface area (Å²) in [5, 5.41) is 10.4. The summed E-state index contributed by atoms with van der Waals surface area (Å²) in [4.78, 5) is 12.6. The molecule has 4 N–H and O–H groups in total.